The van der Waals surface area contributed by atoms with Gasteiger partial charge in [-0.25, -0.2) is 0 Å². The standard InChI is InChI=1S/C11H13N3O2/c1-3-16-11-4-10(7-13-8(2)15)14-6-9(11)5-12/h4,6H,3,7H2,1-2H3,(H,13,15). The van der Waals surface area contributed by atoms with E-state index in [1.807, 2.05) is 13.0 Å². The monoisotopic (exact) mass is 219 g/mol. The summed E-state index contributed by atoms with van der Waals surface area (Å²) in [6, 6.07) is 3.66. The molecular weight excluding hydrogens is 206 g/mol. The van der Waals surface area contributed by atoms with Crippen molar-refractivity contribution in [2.24, 2.45) is 0 Å². The summed E-state index contributed by atoms with van der Waals surface area (Å²) in [6.07, 6.45) is 1.45. The first kappa shape index (κ1) is 12.0. The van der Waals surface area contributed by atoms with Crippen molar-refractivity contribution in [2.45, 2.75) is 20.4 Å². The Morgan fingerprint density at radius 1 is 1.69 bits per heavy atom. The topological polar surface area (TPSA) is 75.0 Å². The third-order valence-corrected chi connectivity index (χ3v) is 1.86. The van der Waals surface area contributed by atoms with E-state index in [1.165, 1.54) is 13.1 Å². The van der Waals surface area contributed by atoms with Gasteiger partial charge in [-0.3, -0.25) is 9.78 Å². The average molecular weight is 219 g/mol. The molecule has 1 heterocycles. The van der Waals surface area contributed by atoms with Gasteiger partial charge in [-0.15, -0.1) is 0 Å². The Hall–Kier alpha value is -2.09. The predicted molar refractivity (Wildman–Crippen MR) is 57.6 cm³/mol. The van der Waals surface area contributed by atoms with Crippen LogP contribution in [0.25, 0.3) is 0 Å². The second kappa shape index (κ2) is 5.71. The van der Waals surface area contributed by atoms with Crippen molar-refractivity contribution in [3.63, 3.8) is 0 Å². The largest absolute Gasteiger partial charge is 0.492 e. The van der Waals surface area contributed by atoms with E-state index in [-0.39, 0.29) is 5.91 Å². The highest BCUT2D eigenvalue weighted by molar-refractivity contribution is 5.72. The number of carbonyl (C=O) groups is 1. The lowest BCUT2D eigenvalue weighted by Crippen LogP contribution is -2.19. The zero-order valence-electron chi connectivity index (χ0n) is 9.28. The maximum Gasteiger partial charge on any atom is 0.217 e. The first-order valence-electron chi connectivity index (χ1n) is 4.93. The van der Waals surface area contributed by atoms with Crippen LogP contribution >= 0.6 is 0 Å². The minimum absolute atomic E-state index is 0.121. The summed E-state index contributed by atoms with van der Waals surface area (Å²) < 4.78 is 5.30. The van der Waals surface area contributed by atoms with Crippen molar-refractivity contribution in [3.05, 3.63) is 23.5 Å². The van der Waals surface area contributed by atoms with Crippen LogP contribution in [-0.2, 0) is 11.3 Å². The average Bonchev–Trinajstić information content (AvgIpc) is 2.27. The van der Waals surface area contributed by atoms with Crippen LogP contribution in [0, 0.1) is 11.3 Å². The third kappa shape index (κ3) is 3.24. The molecule has 1 aromatic rings. The zero-order valence-corrected chi connectivity index (χ0v) is 9.28. The molecule has 0 fully saturated rings. The lowest BCUT2D eigenvalue weighted by molar-refractivity contribution is -0.119. The van der Waals surface area contributed by atoms with E-state index < -0.39 is 0 Å². The van der Waals surface area contributed by atoms with Gasteiger partial charge in [0.25, 0.3) is 0 Å². The molecule has 0 aromatic carbocycles. The Bertz CT molecular complexity index is 424. The minimum atomic E-state index is -0.121. The Labute approximate surface area is 94.1 Å². The lowest BCUT2D eigenvalue weighted by Gasteiger charge is -2.07. The second-order valence-electron chi connectivity index (χ2n) is 3.13. The van der Waals surface area contributed by atoms with Crippen molar-refractivity contribution in [2.75, 3.05) is 6.61 Å². The number of rotatable bonds is 4. The van der Waals surface area contributed by atoms with E-state index in [9.17, 15) is 4.79 Å². The van der Waals surface area contributed by atoms with E-state index in [0.717, 1.165) is 0 Å². The van der Waals surface area contributed by atoms with Crippen molar-refractivity contribution in [3.8, 4) is 11.8 Å². The summed E-state index contributed by atoms with van der Waals surface area (Å²) in [4.78, 5) is 14.8. The smallest absolute Gasteiger partial charge is 0.217 e. The first-order valence-corrected chi connectivity index (χ1v) is 4.93. The third-order valence-electron chi connectivity index (χ3n) is 1.86. The van der Waals surface area contributed by atoms with Gasteiger partial charge in [0, 0.05) is 19.2 Å². The van der Waals surface area contributed by atoms with Gasteiger partial charge in [-0.05, 0) is 6.92 Å². The van der Waals surface area contributed by atoms with Crippen LogP contribution in [0.3, 0.4) is 0 Å². The van der Waals surface area contributed by atoms with Crippen molar-refractivity contribution >= 4 is 5.91 Å². The number of nitrogens with zero attached hydrogens (tertiary/aromatic N) is 2. The molecule has 1 amide bonds. The van der Waals surface area contributed by atoms with Gasteiger partial charge >= 0.3 is 0 Å². The van der Waals surface area contributed by atoms with Gasteiger partial charge in [0.05, 0.1) is 18.8 Å². The van der Waals surface area contributed by atoms with Crippen LogP contribution in [0.5, 0.6) is 5.75 Å². The van der Waals surface area contributed by atoms with Crippen LogP contribution < -0.4 is 10.1 Å². The molecule has 0 atom stereocenters. The normalized spacial score (nSPS) is 9.31. The number of pyridine rings is 1. The molecule has 0 spiro atoms. The summed E-state index contributed by atoms with van der Waals surface area (Å²) in [5.74, 6) is 0.379. The van der Waals surface area contributed by atoms with Crippen LogP contribution in [0.2, 0.25) is 0 Å². The summed E-state index contributed by atoms with van der Waals surface area (Å²) >= 11 is 0. The summed E-state index contributed by atoms with van der Waals surface area (Å²) in [7, 11) is 0. The van der Waals surface area contributed by atoms with Gasteiger partial charge in [-0.2, -0.15) is 5.26 Å². The Balaban J connectivity index is 2.85. The number of hydrogen-bond donors (Lipinski definition) is 1. The molecule has 0 unspecified atom stereocenters. The van der Waals surface area contributed by atoms with Crippen LogP contribution in [0.1, 0.15) is 25.1 Å². The minimum Gasteiger partial charge on any atom is -0.492 e. The molecule has 1 rings (SSSR count). The molecule has 84 valence electrons. The van der Waals surface area contributed by atoms with E-state index in [0.29, 0.717) is 30.2 Å². The molecule has 1 N–H and O–H groups in total. The molecule has 0 bridgehead atoms. The number of ether oxygens (including phenoxy) is 1. The molecule has 0 saturated heterocycles. The number of amides is 1. The second-order valence-corrected chi connectivity index (χ2v) is 3.13. The number of aromatic nitrogens is 1. The quantitative estimate of drug-likeness (QED) is 0.819. The highest BCUT2D eigenvalue weighted by Gasteiger charge is 2.05. The lowest BCUT2D eigenvalue weighted by atomic mass is 10.2. The first-order chi connectivity index (χ1) is 7.67. The van der Waals surface area contributed by atoms with E-state index in [2.05, 4.69) is 10.3 Å². The molecule has 5 heteroatoms. The van der Waals surface area contributed by atoms with Gasteiger partial charge in [-0.1, -0.05) is 0 Å². The highest BCUT2D eigenvalue weighted by Crippen LogP contribution is 2.17. The predicted octanol–water partition coefficient (Wildman–Crippen LogP) is 0.988. The summed E-state index contributed by atoms with van der Waals surface area (Å²) in [5, 5.41) is 11.4. The number of hydrogen-bond acceptors (Lipinski definition) is 4. The molecule has 0 saturated carbocycles. The van der Waals surface area contributed by atoms with Crippen LogP contribution in [-0.4, -0.2) is 17.5 Å². The van der Waals surface area contributed by atoms with E-state index in [4.69, 9.17) is 10.00 Å². The van der Waals surface area contributed by atoms with Crippen LogP contribution in [0.15, 0.2) is 12.3 Å². The van der Waals surface area contributed by atoms with Crippen molar-refractivity contribution in [1.29, 1.82) is 5.26 Å². The molecule has 0 aliphatic heterocycles. The van der Waals surface area contributed by atoms with Gasteiger partial charge in [0.2, 0.25) is 5.91 Å². The Morgan fingerprint density at radius 3 is 3.00 bits per heavy atom. The molecule has 0 radical (unpaired) electrons. The SMILES string of the molecule is CCOc1cc(CNC(C)=O)ncc1C#N. The molecule has 16 heavy (non-hydrogen) atoms. The highest BCUT2D eigenvalue weighted by atomic mass is 16.5. The zero-order chi connectivity index (χ0) is 12.0. The summed E-state index contributed by atoms with van der Waals surface area (Å²) in [5.41, 5.74) is 1.06. The number of nitrogens with one attached hydrogen (secondary N) is 1. The van der Waals surface area contributed by atoms with E-state index in [1.54, 1.807) is 6.07 Å². The van der Waals surface area contributed by atoms with Gasteiger partial charge < -0.3 is 10.1 Å². The Morgan fingerprint density at radius 2 is 2.44 bits per heavy atom. The fraction of sp³-hybridized carbons (Fsp3) is 0.364. The van der Waals surface area contributed by atoms with Gasteiger partial charge in [0.1, 0.15) is 17.4 Å². The molecule has 1 aromatic heterocycles. The Kier molecular flexibility index (Phi) is 4.28. The van der Waals surface area contributed by atoms with Gasteiger partial charge in [0.15, 0.2) is 0 Å². The van der Waals surface area contributed by atoms with Crippen molar-refractivity contribution < 1.29 is 9.53 Å². The van der Waals surface area contributed by atoms with Crippen molar-refractivity contribution in [1.82, 2.24) is 10.3 Å². The van der Waals surface area contributed by atoms with E-state index >= 15 is 0 Å². The molecule has 5 nitrogen and oxygen atoms in total. The fourth-order valence-electron chi connectivity index (χ4n) is 1.15. The maximum atomic E-state index is 10.7. The molecular formula is C11H13N3O2. The molecule has 0 aliphatic rings. The number of nitriles is 1. The number of carbonyl (C=O) groups excluding carboxylic acids is 1. The molecule has 0 aliphatic carbocycles. The fourth-order valence-corrected chi connectivity index (χ4v) is 1.15. The van der Waals surface area contributed by atoms with Crippen LogP contribution in [0.4, 0.5) is 0 Å². The summed E-state index contributed by atoms with van der Waals surface area (Å²) in [6.45, 7) is 4.10. The maximum absolute atomic E-state index is 10.7.